The van der Waals surface area contributed by atoms with Crippen LogP contribution in [0.2, 0.25) is 0 Å². The summed E-state index contributed by atoms with van der Waals surface area (Å²) in [6.07, 6.45) is 22.8. The number of carboxylic acid groups (broad SMARTS) is 1. The van der Waals surface area contributed by atoms with Crippen LogP contribution in [0.25, 0.3) is 0 Å². The van der Waals surface area contributed by atoms with Crippen LogP contribution in [-0.2, 0) is 6.42 Å². The summed E-state index contributed by atoms with van der Waals surface area (Å²) in [6, 6.07) is 4.93. The van der Waals surface area contributed by atoms with Gasteiger partial charge in [0.1, 0.15) is 11.3 Å². The molecule has 0 amide bonds. The third-order valence-corrected chi connectivity index (χ3v) is 4.74. The van der Waals surface area contributed by atoms with E-state index in [0.717, 1.165) is 37.7 Å². The van der Waals surface area contributed by atoms with Crippen molar-refractivity contribution in [3.8, 4) is 5.75 Å². The van der Waals surface area contributed by atoms with Crippen LogP contribution in [0.1, 0.15) is 93.5 Å². The van der Waals surface area contributed by atoms with Crippen molar-refractivity contribution in [2.45, 2.75) is 84.0 Å². The first-order valence-electron chi connectivity index (χ1n) is 10.5. The van der Waals surface area contributed by atoms with E-state index in [4.69, 9.17) is 0 Å². The Morgan fingerprint density at radius 1 is 0.889 bits per heavy atom. The molecule has 0 unspecified atom stereocenters. The number of benzene rings is 1. The van der Waals surface area contributed by atoms with E-state index < -0.39 is 5.97 Å². The van der Waals surface area contributed by atoms with Gasteiger partial charge < -0.3 is 10.2 Å². The minimum Gasteiger partial charge on any atom is -0.507 e. The number of rotatable bonds is 15. The van der Waals surface area contributed by atoms with Gasteiger partial charge in [0, 0.05) is 0 Å². The minimum atomic E-state index is -1.06. The lowest BCUT2D eigenvalue weighted by Gasteiger charge is -2.07. The molecule has 0 heterocycles. The molecule has 1 aromatic carbocycles. The molecule has 2 N–H and O–H groups in total. The molecule has 0 aliphatic rings. The zero-order valence-corrected chi connectivity index (χ0v) is 16.8. The summed E-state index contributed by atoms with van der Waals surface area (Å²) in [5, 5.41) is 18.9. The first-order chi connectivity index (χ1) is 13.2. The fraction of sp³-hybridized carbons (Fsp3) is 0.542. The topological polar surface area (TPSA) is 57.5 Å². The third-order valence-electron chi connectivity index (χ3n) is 4.74. The van der Waals surface area contributed by atoms with Crippen molar-refractivity contribution in [1.29, 1.82) is 0 Å². The van der Waals surface area contributed by atoms with Crippen LogP contribution >= 0.6 is 0 Å². The lowest BCUT2D eigenvalue weighted by atomic mass is 10.00. The highest BCUT2D eigenvalue weighted by Gasteiger charge is 2.14. The number of aromatic carboxylic acids is 1. The number of aryl methyl sites for hydroxylation is 1. The second-order valence-corrected chi connectivity index (χ2v) is 7.10. The van der Waals surface area contributed by atoms with E-state index in [9.17, 15) is 15.0 Å². The summed E-state index contributed by atoms with van der Waals surface area (Å²) in [5.41, 5.74) is 0.771. The molecule has 0 spiro atoms. The Morgan fingerprint density at radius 3 is 2.15 bits per heavy atom. The Morgan fingerprint density at radius 2 is 1.52 bits per heavy atom. The second-order valence-electron chi connectivity index (χ2n) is 7.10. The zero-order chi connectivity index (χ0) is 19.7. The van der Waals surface area contributed by atoms with Gasteiger partial charge in [-0.25, -0.2) is 4.79 Å². The Labute approximate surface area is 164 Å². The number of phenols is 1. The summed E-state index contributed by atoms with van der Waals surface area (Å²) in [6.45, 7) is 2.25. The van der Waals surface area contributed by atoms with Crippen molar-refractivity contribution in [1.82, 2.24) is 0 Å². The molecular formula is C24H36O3. The normalized spacial score (nSPS) is 11.6. The minimum absolute atomic E-state index is 0.0505. The molecule has 0 aliphatic heterocycles. The molecule has 0 saturated heterocycles. The Kier molecular flexibility index (Phi) is 12.8. The van der Waals surface area contributed by atoms with E-state index in [0.29, 0.717) is 6.42 Å². The SMILES string of the molecule is CCCCCCC/C=C/C/C=C/CCCCCc1cccc(O)c1C(=O)O. The van der Waals surface area contributed by atoms with Crippen LogP contribution in [0.5, 0.6) is 5.75 Å². The van der Waals surface area contributed by atoms with Crippen LogP contribution in [0.15, 0.2) is 42.5 Å². The summed E-state index contributed by atoms with van der Waals surface area (Å²) >= 11 is 0. The molecule has 0 fully saturated rings. The second kappa shape index (κ2) is 15.1. The quantitative estimate of drug-likeness (QED) is 0.256. The van der Waals surface area contributed by atoms with Gasteiger partial charge in [-0.3, -0.25) is 0 Å². The van der Waals surface area contributed by atoms with E-state index in [1.807, 2.05) is 0 Å². The molecule has 0 saturated carbocycles. The highest BCUT2D eigenvalue weighted by Crippen LogP contribution is 2.22. The van der Waals surface area contributed by atoms with Crippen LogP contribution in [0.4, 0.5) is 0 Å². The van der Waals surface area contributed by atoms with Crippen LogP contribution in [-0.4, -0.2) is 16.2 Å². The lowest BCUT2D eigenvalue weighted by Crippen LogP contribution is -2.03. The van der Waals surface area contributed by atoms with Gasteiger partial charge in [0.2, 0.25) is 0 Å². The number of carboxylic acids is 1. The number of carbonyl (C=O) groups is 1. The van der Waals surface area contributed by atoms with Crippen molar-refractivity contribution in [2.24, 2.45) is 0 Å². The number of aromatic hydroxyl groups is 1. The fourth-order valence-corrected chi connectivity index (χ4v) is 3.17. The molecule has 1 aromatic rings. The summed E-state index contributed by atoms with van der Waals surface area (Å²) < 4.78 is 0. The van der Waals surface area contributed by atoms with E-state index in [-0.39, 0.29) is 11.3 Å². The molecule has 3 heteroatoms. The zero-order valence-electron chi connectivity index (χ0n) is 16.8. The van der Waals surface area contributed by atoms with Gasteiger partial charge in [-0.1, -0.05) is 75.5 Å². The molecule has 0 aliphatic carbocycles. The van der Waals surface area contributed by atoms with E-state index >= 15 is 0 Å². The molecule has 1 rings (SSSR count). The largest absolute Gasteiger partial charge is 0.507 e. The van der Waals surface area contributed by atoms with Crippen LogP contribution in [0.3, 0.4) is 0 Å². The molecular weight excluding hydrogens is 336 g/mol. The maximum Gasteiger partial charge on any atom is 0.339 e. The van der Waals surface area contributed by atoms with Crippen molar-refractivity contribution < 1.29 is 15.0 Å². The van der Waals surface area contributed by atoms with Crippen molar-refractivity contribution in [3.63, 3.8) is 0 Å². The van der Waals surface area contributed by atoms with E-state index in [2.05, 4.69) is 31.2 Å². The molecule has 0 bridgehead atoms. The summed E-state index contributed by atoms with van der Waals surface area (Å²) in [4.78, 5) is 11.2. The number of unbranched alkanes of at least 4 members (excludes halogenated alkanes) is 8. The molecule has 27 heavy (non-hydrogen) atoms. The van der Waals surface area contributed by atoms with Crippen molar-refractivity contribution in [3.05, 3.63) is 53.6 Å². The van der Waals surface area contributed by atoms with Crippen molar-refractivity contribution in [2.75, 3.05) is 0 Å². The predicted molar refractivity (Wildman–Crippen MR) is 114 cm³/mol. The van der Waals surface area contributed by atoms with Gasteiger partial charge in [-0.05, 0) is 56.6 Å². The number of hydrogen-bond acceptors (Lipinski definition) is 2. The molecule has 150 valence electrons. The Balaban J connectivity index is 2.07. The van der Waals surface area contributed by atoms with Gasteiger partial charge in [-0.15, -0.1) is 0 Å². The predicted octanol–water partition coefficient (Wildman–Crippen LogP) is 7.06. The first-order valence-corrected chi connectivity index (χ1v) is 10.5. The lowest BCUT2D eigenvalue weighted by molar-refractivity contribution is 0.0692. The third kappa shape index (κ3) is 10.6. The first kappa shape index (κ1) is 23.0. The molecule has 0 radical (unpaired) electrons. The summed E-state index contributed by atoms with van der Waals surface area (Å²) in [7, 11) is 0. The molecule has 0 aromatic heterocycles. The maximum atomic E-state index is 11.2. The average Bonchev–Trinajstić information content (AvgIpc) is 2.64. The standard InChI is InChI=1S/C24H36O3/c1-2-3-4-5-6-7-8-9-10-11-12-13-14-15-16-18-21-19-17-20-22(25)23(21)24(26)27/h8-9,11-12,17,19-20,25H,2-7,10,13-16,18H2,1H3,(H,26,27)/b9-8+,12-11+. The van der Waals surface area contributed by atoms with Gasteiger partial charge in [0.25, 0.3) is 0 Å². The van der Waals surface area contributed by atoms with E-state index in [1.165, 1.54) is 44.6 Å². The highest BCUT2D eigenvalue weighted by atomic mass is 16.4. The number of allylic oxidation sites excluding steroid dienone is 4. The van der Waals surface area contributed by atoms with Gasteiger partial charge in [0.15, 0.2) is 0 Å². The average molecular weight is 373 g/mol. The van der Waals surface area contributed by atoms with Crippen LogP contribution in [0, 0.1) is 0 Å². The Hall–Kier alpha value is -2.03. The van der Waals surface area contributed by atoms with Crippen LogP contribution < -0.4 is 0 Å². The highest BCUT2D eigenvalue weighted by molar-refractivity contribution is 5.92. The number of hydrogen-bond donors (Lipinski definition) is 2. The van der Waals surface area contributed by atoms with Gasteiger partial charge in [-0.2, -0.15) is 0 Å². The van der Waals surface area contributed by atoms with E-state index in [1.54, 1.807) is 12.1 Å². The summed E-state index contributed by atoms with van der Waals surface area (Å²) in [5.74, 6) is -1.20. The fourth-order valence-electron chi connectivity index (χ4n) is 3.17. The molecule has 0 atom stereocenters. The van der Waals surface area contributed by atoms with Gasteiger partial charge >= 0.3 is 5.97 Å². The van der Waals surface area contributed by atoms with Gasteiger partial charge in [0.05, 0.1) is 0 Å². The van der Waals surface area contributed by atoms with Crippen molar-refractivity contribution >= 4 is 5.97 Å². The maximum absolute atomic E-state index is 11.2. The molecule has 3 nitrogen and oxygen atoms in total. The smallest absolute Gasteiger partial charge is 0.339 e. The Bertz CT molecular complexity index is 587. The monoisotopic (exact) mass is 372 g/mol.